The maximum atomic E-state index is 12.7. The van der Waals surface area contributed by atoms with Crippen LogP contribution in [-0.4, -0.2) is 32.3 Å². The Hall–Kier alpha value is -0.180. The summed E-state index contributed by atoms with van der Waals surface area (Å²) >= 11 is 5.63. The largest absolute Gasteiger partial charge is 0.391 e. The molecule has 21 heavy (non-hydrogen) atoms. The lowest BCUT2D eigenvalue weighted by Crippen LogP contribution is -2.41. The van der Waals surface area contributed by atoms with Crippen LogP contribution < -0.4 is 10.6 Å². The van der Waals surface area contributed by atoms with Crippen molar-refractivity contribution in [3.63, 3.8) is 0 Å². The van der Waals surface area contributed by atoms with E-state index in [-0.39, 0.29) is 42.7 Å². The third-order valence-corrected chi connectivity index (χ3v) is 3.61. The molecule has 2 N–H and O–H groups in total. The highest BCUT2D eigenvalue weighted by atomic mass is 127. The topological polar surface area (TPSA) is 36.4 Å². The molecule has 0 aliphatic heterocycles. The Kier molecular flexibility index (Phi) is 9.68. The van der Waals surface area contributed by atoms with Crippen LogP contribution in [0.2, 0.25) is 0 Å². The average molecular weight is 440 g/mol. The standard InChI is InChI=1S/C13H21ClF3N3.HI/c1-9(14)7-19-12(18-2)20-8-10-4-3-5-11(6-10)13(15,16)17;/h10-11H,1,3-8H2,2H3,(H2,18,19,20);1H. The van der Waals surface area contributed by atoms with Crippen molar-refractivity contribution in [1.29, 1.82) is 0 Å². The molecule has 124 valence electrons. The number of rotatable bonds is 4. The summed E-state index contributed by atoms with van der Waals surface area (Å²) < 4.78 is 38.1. The van der Waals surface area contributed by atoms with E-state index in [0.717, 1.165) is 6.42 Å². The lowest BCUT2D eigenvalue weighted by Gasteiger charge is -2.30. The summed E-state index contributed by atoms with van der Waals surface area (Å²) in [5.41, 5.74) is 0. The van der Waals surface area contributed by atoms with Crippen molar-refractivity contribution in [3.05, 3.63) is 11.6 Å². The van der Waals surface area contributed by atoms with E-state index in [1.54, 1.807) is 7.05 Å². The SMILES string of the molecule is C=C(Cl)CNC(=NC)NCC1CCCC(C(F)(F)F)C1.I. The van der Waals surface area contributed by atoms with Gasteiger partial charge >= 0.3 is 6.18 Å². The molecular formula is C13H22ClF3IN3. The van der Waals surface area contributed by atoms with E-state index in [4.69, 9.17) is 11.6 Å². The predicted octanol–water partition coefficient (Wildman–Crippen LogP) is 3.89. The highest BCUT2D eigenvalue weighted by Gasteiger charge is 2.41. The van der Waals surface area contributed by atoms with Crippen LogP contribution in [0.25, 0.3) is 0 Å². The number of alkyl halides is 3. The third-order valence-electron chi connectivity index (χ3n) is 3.48. The molecular weight excluding hydrogens is 418 g/mol. The van der Waals surface area contributed by atoms with Gasteiger partial charge in [0, 0.05) is 18.6 Å². The first kappa shape index (κ1) is 20.8. The minimum atomic E-state index is -4.07. The maximum absolute atomic E-state index is 12.7. The zero-order chi connectivity index (χ0) is 15.2. The van der Waals surface area contributed by atoms with Gasteiger partial charge in [-0.1, -0.05) is 24.6 Å². The summed E-state index contributed by atoms with van der Waals surface area (Å²) in [5, 5.41) is 6.42. The normalized spacial score (nSPS) is 23.2. The first-order chi connectivity index (χ1) is 9.32. The summed E-state index contributed by atoms with van der Waals surface area (Å²) in [6.07, 6.45) is -2.19. The van der Waals surface area contributed by atoms with Gasteiger partial charge in [-0.05, 0) is 25.2 Å². The molecule has 8 heteroatoms. The second kappa shape index (κ2) is 9.76. The maximum Gasteiger partial charge on any atom is 0.391 e. The van der Waals surface area contributed by atoms with E-state index in [1.807, 2.05) is 0 Å². The van der Waals surface area contributed by atoms with Gasteiger partial charge in [-0.2, -0.15) is 13.2 Å². The minimum absolute atomic E-state index is 0. The van der Waals surface area contributed by atoms with Crippen molar-refractivity contribution < 1.29 is 13.2 Å². The molecule has 1 rings (SSSR count). The molecule has 0 aromatic heterocycles. The molecule has 0 heterocycles. The zero-order valence-corrected chi connectivity index (χ0v) is 15.1. The van der Waals surface area contributed by atoms with Crippen LogP contribution in [0.1, 0.15) is 25.7 Å². The molecule has 1 aliphatic carbocycles. The number of nitrogens with zero attached hydrogens (tertiary/aromatic N) is 1. The van der Waals surface area contributed by atoms with Crippen LogP contribution in [0.5, 0.6) is 0 Å². The van der Waals surface area contributed by atoms with Gasteiger partial charge in [-0.15, -0.1) is 24.0 Å². The third kappa shape index (κ3) is 8.13. The molecule has 0 bridgehead atoms. The summed E-state index contributed by atoms with van der Waals surface area (Å²) in [6.45, 7) is 4.40. The predicted molar refractivity (Wildman–Crippen MR) is 91.3 cm³/mol. The molecule has 0 amide bonds. The first-order valence-corrected chi connectivity index (χ1v) is 7.05. The minimum Gasteiger partial charge on any atom is -0.356 e. The average Bonchev–Trinajstić information content (AvgIpc) is 2.38. The van der Waals surface area contributed by atoms with Gasteiger partial charge in [0.2, 0.25) is 0 Å². The fraction of sp³-hybridized carbons (Fsp3) is 0.769. The van der Waals surface area contributed by atoms with Gasteiger partial charge in [-0.3, -0.25) is 4.99 Å². The molecule has 3 nitrogen and oxygen atoms in total. The Balaban J connectivity index is 0.00000400. The van der Waals surface area contributed by atoms with Crippen LogP contribution in [0.4, 0.5) is 13.2 Å². The highest BCUT2D eigenvalue weighted by Crippen LogP contribution is 2.39. The van der Waals surface area contributed by atoms with Gasteiger partial charge in [0.25, 0.3) is 0 Å². The highest BCUT2D eigenvalue weighted by molar-refractivity contribution is 14.0. The summed E-state index contributed by atoms with van der Waals surface area (Å²) in [4.78, 5) is 3.98. The summed E-state index contributed by atoms with van der Waals surface area (Å²) in [6, 6.07) is 0. The van der Waals surface area contributed by atoms with Gasteiger partial charge in [0.1, 0.15) is 0 Å². The monoisotopic (exact) mass is 439 g/mol. The molecule has 0 spiro atoms. The molecule has 0 saturated heterocycles. The number of nitrogens with one attached hydrogen (secondary N) is 2. The Morgan fingerprint density at radius 1 is 1.33 bits per heavy atom. The Bertz CT molecular complexity index is 361. The van der Waals surface area contributed by atoms with Crippen molar-refractivity contribution in [2.75, 3.05) is 20.1 Å². The second-order valence-corrected chi connectivity index (χ2v) is 5.63. The molecule has 0 radical (unpaired) electrons. The molecule has 2 unspecified atom stereocenters. The number of hydrogen-bond acceptors (Lipinski definition) is 1. The molecule has 2 atom stereocenters. The molecule has 1 saturated carbocycles. The van der Waals surface area contributed by atoms with Gasteiger partial charge < -0.3 is 10.6 Å². The summed E-state index contributed by atoms with van der Waals surface area (Å²) in [5.74, 6) is -0.616. The van der Waals surface area contributed by atoms with Crippen molar-refractivity contribution in [2.45, 2.75) is 31.9 Å². The van der Waals surface area contributed by atoms with E-state index < -0.39 is 12.1 Å². The van der Waals surface area contributed by atoms with E-state index in [9.17, 15) is 13.2 Å². The van der Waals surface area contributed by atoms with Gasteiger partial charge in [-0.25, -0.2) is 0 Å². The summed E-state index contributed by atoms with van der Waals surface area (Å²) in [7, 11) is 1.60. The van der Waals surface area contributed by atoms with Crippen LogP contribution >= 0.6 is 35.6 Å². The fourth-order valence-corrected chi connectivity index (χ4v) is 2.48. The lowest BCUT2D eigenvalue weighted by atomic mass is 9.81. The molecule has 0 aromatic carbocycles. The van der Waals surface area contributed by atoms with Gasteiger partial charge in [0.15, 0.2) is 5.96 Å². The van der Waals surface area contributed by atoms with Crippen molar-refractivity contribution >= 4 is 41.5 Å². The second-order valence-electron chi connectivity index (χ2n) is 5.10. The molecule has 1 fully saturated rings. The number of aliphatic imine (C=N–C) groups is 1. The fourth-order valence-electron chi connectivity index (χ4n) is 2.41. The van der Waals surface area contributed by atoms with E-state index >= 15 is 0 Å². The smallest absolute Gasteiger partial charge is 0.356 e. The Morgan fingerprint density at radius 2 is 2.00 bits per heavy atom. The van der Waals surface area contributed by atoms with E-state index in [1.165, 1.54) is 0 Å². The van der Waals surface area contributed by atoms with Crippen molar-refractivity contribution in [2.24, 2.45) is 16.8 Å². The van der Waals surface area contributed by atoms with E-state index in [0.29, 0.717) is 30.5 Å². The first-order valence-electron chi connectivity index (χ1n) is 6.67. The van der Waals surface area contributed by atoms with Crippen molar-refractivity contribution in [1.82, 2.24) is 10.6 Å². The lowest BCUT2D eigenvalue weighted by molar-refractivity contribution is -0.185. The number of halogens is 5. The van der Waals surface area contributed by atoms with Crippen LogP contribution in [0, 0.1) is 11.8 Å². The van der Waals surface area contributed by atoms with E-state index in [2.05, 4.69) is 22.2 Å². The van der Waals surface area contributed by atoms with Crippen LogP contribution in [-0.2, 0) is 0 Å². The quantitative estimate of drug-likeness (QED) is 0.396. The zero-order valence-electron chi connectivity index (χ0n) is 12.0. The molecule has 0 aromatic rings. The Labute approximate surface area is 145 Å². The number of hydrogen-bond donors (Lipinski definition) is 2. The van der Waals surface area contributed by atoms with Crippen molar-refractivity contribution in [3.8, 4) is 0 Å². The van der Waals surface area contributed by atoms with Crippen LogP contribution in [0.3, 0.4) is 0 Å². The van der Waals surface area contributed by atoms with Crippen LogP contribution in [0.15, 0.2) is 16.6 Å². The molecule has 1 aliphatic rings. The number of guanidine groups is 1. The Morgan fingerprint density at radius 3 is 2.52 bits per heavy atom. The van der Waals surface area contributed by atoms with Gasteiger partial charge in [0.05, 0.1) is 12.5 Å².